The van der Waals surface area contributed by atoms with E-state index in [1.807, 2.05) is 6.92 Å². The quantitative estimate of drug-likeness (QED) is 0.621. The number of carboxylic acid groups (broad SMARTS) is 1. The lowest BCUT2D eigenvalue weighted by Crippen LogP contribution is -2.50. The van der Waals surface area contributed by atoms with Crippen molar-refractivity contribution in [2.45, 2.75) is 26.0 Å². The van der Waals surface area contributed by atoms with Crippen LogP contribution in [0.25, 0.3) is 0 Å². The molecule has 1 fully saturated rings. The fourth-order valence-corrected chi connectivity index (χ4v) is 1.46. The number of hydrogen-bond acceptors (Lipinski definition) is 3. The first kappa shape index (κ1) is 9.48. The van der Waals surface area contributed by atoms with Crippen LogP contribution in [0.15, 0.2) is 0 Å². The molecule has 0 spiro atoms. The SMILES string of the molecule is CC1NCCOC1C(C)C(=O)O. The molecule has 0 bridgehead atoms. The van der Waals surface area contributed by atoms with Gasteiger partial charge in [-0.25, -0.2) is 0 Å². The lowest BCUT2D eigenvalue weighted by atomic mass is 9.98. The van der Waals surface area contributed by atoms with E-state index in [0.717, 1.165) is 6.54 Å². The molecular weight excluding hydrogens is 158 g/mol. The monoisotopic (exact) mass is 173 g/mol. The molecular formula is C8H15NO3. The predicted molar refractivity (Wildman–Crippen MR) is 44.0 cm³/mol. The first-order valence-corrected chi connectivity index (χ1v) is 4.20. The minimum absolute atomic E-state index is 0.129. The molecule has 0 aromatic rings. The van der Waals surface area contributed by atoms with E-state index in [4.69, 9.17) is 9.84 Å². The van der Waals surface area contributed by atoms with Crippen LogP contribution in [0.4, 0.5) is 0 Å². The topological polar surface area (TPSA) is 58.6 Å². The summed E-state index contributed by atoms with van der Waals surface area (Å²) in [4.78, 5) is 10.6. The highest BCUT2D eigenvalue weighted by molar-refractivity contribution is 5.70. The third-order valence-electron chi connectivity index (χ3n) is 2.25. The van der Waals surface area contributed by atoms with Gasteiger partial charge in [0.2, 0.25) is 0 Å². The lowest BCUT2D eigenvalue weighted by molar-refractivity contribution is -0.149. The minimum atomic E-state index is -0.796. The molecule has 4 nitrogen and oxygen atoms in total. The van der Waals surface area contributed by atoms with Crippen LogP contribution in [0.2, 0.25) is 0 Å². The van der Waals surface area contributed by atoms with Gasteiger partial charge in [0.1, 0.15) is 0 Å². The number of carbonyl (C=O) groups is 1. The van der Waals surface area contributed by atoms with Gasteiger partial charge in [0.25, 0.3) is 0 Å². The van der Waals surface area contributed by atoms with Crippen LogP contribution < -0.4 is 5.32 Å². The average Bonchev–Trinajstić information content (AvgIpc) is 2.04. The normalized spacial score (nSPS) is 32.8. The molecule has 0 radical (unpaired) electrons. The molecule has 1 aliphatic rings. The number of carboxylic acids is 1. The van der Waals surface area contributed by atoms with Crippen molar-refractivity contribution in [2.75, 3.05) is 13.2 Å². The highest BCUT2D eigenvalue weighted by atomic mass is 16.5. The second kappa shape index (κ2) is 3.87. The molecule has 12 heavy (non-hydrogen) atoms. The molecule has 0 amide bonds. The standard InChI is InChI=1S/C8H15NO3/c1-5(8(10)11)7-6(2)9-3-4-12-7/h5-7,9H,3-4H2,1-2H3,(H,10,11). The van der Waals surface area contributed by atoms with Gasteiger partial charge in [0, 0.05) is 12.6 Å². The molecule has 0 aromatic carbocycles. The number of morpholine rings is 1. The fraction of sp³-hybridized carbons (Fsp3) is 0.875. The summed E-state index contributed by atoms with van der Waals surface area (Å²) in [5.74, 6) is -1.23. The summed E-state index contributed by atoms with van der Waals surface area (Å²) >= 11 is 0. The van der Waals surface area contributed by atoms with Gasteiger partial charge in [-0.05, 0) is 13.8 Å². The van der Waals surface area contributed by atoms with Crippen molar-refractivity contribution in [3.63, 3.8) is 0 Å². The molecule has 0 saturated carbocycles. The van der Waals surface area contributed by atoms with E-state index in [2.05, 4.69) is 5.32 Å². The molecule has 1 rings (SSSR count). The van der Waals surface area contributed by atoms with Gasteiger partial charge < -0.3 is 15.2 Å². The van der Waals surface area contributed by atoms with Gasteiger partial charge in [-0.2, -0.15) is 0 Å². The van der Waals surface area contributed by atoms with Gasteiger partial charge >= 0.3 is 5.97 Å². The smallest absolute Gasteiger partial charge is 0.308 e. The predicted octanol–water partition coefficient (Wildman–Crippen LogP) is 0.0840. The van der Waals surface area contributed by atoms with Crippen LogP contribution in [0.3, 0.4) is 0 Å². The summed E-state index contributed by atoms with van der Waals surface area (Å²) in [7, 11) is 0. The molecule has 70 valence electrons. The summed E-state index contributed by atoms with van der Waals surface area (Å²) in [6.07, 6.45) is -0.198. The lowest BCUT2D eigenvalue weighted by Gasteiger charge is -2.32. The zero-order chi connectivity index (χ0) is 9.14. The second-order valence-corrected chi connectivity index (χ2v) is 3.21. The van der Waals surface area contributed by atoms with Gasteiger partial charge in [0.05, 0.1) is 18.6 Å². The first-order chi connectivity index (χ1) is 5.63. The van der Waals surface area contributed by atoms with Gasteiger partial charge in [-0.15, -0.1) is 0 Å². The largest absolute Gasteiger partial charge is 0.481 e. The van der Waals surface area contributed by atoms with Crippen molar-refractivity contribution >= 4 is 5.97 Å². The number of rotatable bonds is 2. The van der Waals surface area contributed by atoms with Crippen LogP contribution >= 0.6 is 0 Å². The van der Waals surface area contributed by atoms with E-state index in [9.17, 15) is 4.79 Å². The molecule has 1 saturated heterocycles. The maximum atomic E-state index is 10.6. The summed E-state index contributed by atoms with van der Waals surface area (Å²) in [6, 6.07) is 0.129. The fourth-order valence-electron chi connectivity index (χ4n) is 1.46. The number of hydrogen-bond donors (Lipinski definition) is 2. The highest BCUT2D eigenvalue weighted by Gasteiger charge is 2.31. The Bertz CT molecular complexity index is 172. The molecule has 2 N–H and O–H groups in total. The molecule has 1 heterocycles. The minimum Gasteiger partial charge on any atom is -0.481 e. The third kappa shape index (κ3) is 1.95. The number of ether oxygens (including phenoxy) is 1. The zero-order valence-electron chi connectivity index (χ0n) is 7.41. The molecule has 0 aliphatic carbocycles. The van der Waals surface area contributed by atoms with E-state index in [0.29, 0.717) is 6.61 Å². The summed E-state index contributed by atoms with van der Waals surface area (Å²) < 4.78 is 5.37. The Morgan fingerprint density at radius 1 is 1.75 bits per heavy atom. The van der Waals surface area contributed by atoms with Crippen molar-refractivity contribution < 1.29 is 14.6 Å². The first-order valence-electron chi connectivity index (χ1n) is 4.20. The van der Waals surface area contributed by atoms with Gasteiger partial charge in [-0.1, -0.05) is 0 Å². The maximum Gasteiger partial charge on any atom is 0.308 e. The van der Waals surface area contributed by atoms with Crippen molar-refractivity contribution in [2.24, 2.45) is 5.92 Å². The highest BCUT2D eigenvalue weighted by Crippen LogP contribution is 2.14. The number of aliphatic carboxylic acids is 1. The Balaban J connectivity index is 2.53. The molecule has 4 heteroatoms. The Morgan fingerprint density at radius 3 is 2.92 bits per heavy atom. The Labute approximate surface area is 71.9 Å². The Morgan fingerprint density at radius 2 is 2.42 bits per heavy atom. The average molecular weight is 173 g/mol. The summed E-state index contributed by atoms with van der Waals surface area (Å²) in [6.45, 7) is 5.04. The molecule has 3 atom stereocenters. The van der Waals surface area contributed by atoms with E-state index in [1.54, 1.807) is 6.92 Å². The van der Waals surface area contributed by atoms with Crippen LogP contribution in [0, 0.1) is 5.92 Å². The van der Waals surface area contributed by atoms with E-state index in [1.165, 1.54) is 0 Å². The summed E-state index contributed by atoms with van der Waals surface area (Å²) in [5.41, 5.74) is 0. The van der Waals surface area contributed by atoms with Crippen molar-refractivity contribution in [3.05, 3.63) is 0 Å². The van der Waals surface area contributed by atoms with Gasteiger partial charge in [-0.3, -0.25) is 4.79 Å². The van der Waals surface area contributed by atoms with Crippen molar-refractivity contribution in [1.82, 2.24) is 5.32 Å². The van der Waals surface area contributed by atoms with Crippen molar-refractivity contribution in [3.8, 4) is 0 Å². The van der Waals surface area contributed by atoms with Crippen molar-refractivity contribution in [1.29, 1.82) is 0 Å². The maximum absolute atomic E-state index is 10.6. The molecule has 1 aliphatic heterocycles. The van der Waals surface area contributed by atoms with E-state index in [-0.39, 0.29) is 12.1 Å². The summed E-state index contributed by atoms with van der Waals surface area (Å²) in [5, 5.41) is 11.9. The molecule has 0 aromatic heterocycles. The zero-order valence-corrected chi connectivity index (χ0v) is 7.41. The van der Waals surface area contributed by atoms with Crippen LogP contribution in [-0.2, 0) is 9.53 Å². The Hall–Kier alpha value is -0.610. The van der Waals surface area contributed by atoms with E-state index >= 15 is 0 Å². The third-order valence-corrected chi connectivity index (χ3v) is 2.25. The number of nitrogens with one attached hydrogen (secondary N) is 1. The second-order valence-electron chi connectivity index (χ2n) is 3.21. The van der Waals surface area contributed by atoms with E-state index < -0.39 is 11.9 Å². The molecule has 3 unspecified atom stereocenters. The van der Waals surface area contributed by atoms with Crippen LogP contribution in [0.1, 0.15) is 13.8 Å². The Kier molecular flexibility index (Phi) is 3.05. The van der Waals surface area contributed by atoms with Crippen LogP contribution in [-0.4, -0.2) is 36.4 Å². The van der Waals surface area contributed by atoms with Gasteiger partial charge in [0.15, 0.2) is 0 Å². The van der Waals surface area contributed by atoms with Crippen LogP contribution in [0.5, 0.6) is 0 Å².